The second-order valence-electron chi connectivity index (χ2n) is 7.00. The first-order valence-corrected chi connectivity index (χ1v) is 9.67. The zero-order valence-corrected chi connectivity index (χ0v) is 17.5. The van der Waals surface area contributed by atoms with Crippen molar-refractivity contribution in [2.45, 2.75) is 20.3 Å². The van der Waals surface area contributed by atoms with E-state index in [-0.39, 0.29) is 11.5 Å². The molecule has 0 atom stereocenters. The maximum absolute atomic E-state index is 10.1. The monoisotopic (exact) mass is 421 g/mol. The van der Waals surface area contributed by atoms with Crippen LogP contribution in [0.5, 0.6) is 5.75 Å². The van der Waals surface area contributed by atoms with E-state index in [0.29, 0.717) is 39.5 Å². The molecule has 30 heavy (non-hydrogen) atoms. The SMILES string of the molecule is COc1cc2c(cc1/C(C(C)=N)=C(\C)O)ncc1nnc(Cc3ccc(Cl)cc3)n12. The van der Waals surface area contributed by atoms with Gasteiger partial charge in [-0.25, -0.2) is 0 Å². The van der Waals surface area contributed by atoms with Gasteiger partial charge in [-0.05, 0) is 37.6 Å². The second-order valence-corrected chi connectivity index (χ2v) is 7.43. The molecule has 0 unspecified atom stereocenters. The summed E-state index contributed by atoms with van der Waals surface area (Å²) >= 11 is 5.99. The minimum atomic E-state index is 0.0500. The Balaban J connectivity index is 1.93. The molecule has 0 aliphatic heterocycles. The Bertz CT molecular complexity index is 1300. The lowest BCUT2D eigenvalue weighted by Crippen LogP contribution is -2.04. The molecule has 2 aromatic carbocycles. The molecule has 0 spiro atoms. The highest BCUT2D eigenvalue weighted by Gasteiger charge is 2.18. The predicted molar refractivity (Wildman–Crippen MR) is 118 cm³/mol. The molecule has 4 rings (SSSR count). The molecule has 0 bridgehead atoms. The minimum absolute atomic E-state index is 0.0500. The summed E-state index contributed by atoms with van der Waals surface area (Å²) in [5, 5.41) is 27.5. The Hall–Kier alpha value is -3.45. The van der Waals surface area contributed by atoms with Gasteiger partial charge in [0.25, 0.3) is 0 Å². The molecule has 0 fully saturated rings. The summed E-state index contributed by atoms with van der Waals surface area (Å²) in [4.78, 5) is 4.51. The number of nitrogens with zero attached hydrogens (tertiary/aromatic N) is 4. The highest BCUT2D eigenvalue weighted by molar-refractivity contribution is 6.30. The topological polar surface area (TPSA) is 96.4 Å². The number of aromatic nitrogens is 4. The van der Waals surface area contributed by atoms with Crippen molar-refractivity contribution in [3.05, 3.63) is 70.3 Å². The first-order chi connectivity index (χ1) is 14.4. The number of aliphatic hydroxyl groups excluding tert-OH is 1. The number of benzene rings is 2. The lowest BCUT2D eigenvalue weighted by molar-refractivity contribution is 0.409. The number of hydrogen-bond acceptors (Lipinski definition) is 6. The van der Waals surface area contributed by atoms with Crippen LogP contribution in [-0.2, 0) is 6.42 Å². The Morgan fingerprint density at radius 3 is 2.53 bits per heavy atom. The van der Waals surface area contributed by atoms with Crippen LogP contribution in [0, 0.1) is 5.41 Å². The van der Waals surface area contributed by atoms with Gasteiger partial charge in [0.05, 0.1) is 30.1 Å². The van der Waals surface area contributed by atoms with Crippen molar-refractivity contribution in [3.63, 3.8) is 0 Å². The van der Waals surface area contributed by atoms with E-state index in [9.17, 15) is 5.11 Å². The first kappa shape index (κ1) is 19.8. The summed E-state index contributed by atoms with van der Waals surface area (Å²) in [5.41, 5.74) is 4.40. The minimum Gasteiger partial charge on any atom is -0.512 e. The predicted octanol–water partition coefficient (Wildman–Crippen LogP) is 4.86. The molecular formula is C22H20ClN5O2. The molecule has 7 nitrogen and oxygen atoms in total. The third kappa shape index (κ3) is 3.48. The van der Waals surface area contributed by atoms with Gasteiger partial charge in [-0.1, -0.05) is 23.7 Å². The van der Waals surface area contributed by atoms with Crippen molar-refractivity contribution < 1.29 is 9.84 Å². The molecular weight excluding hydrogens is 402 g/mol. The van der Waals surface area contributed by atoms with E-state index in [1.165, 1.54) is 0 Å². The van der Waals surface area contributed by atoms with Gasteiger partial charge in [-0.2, -0.15) is 0 Å². The van der Waals surface area contributed by atoms with Gasteiger partial charge >= 0.3 is 0 Å². The summed E-state index contributed by atoms with van der Waals surface area (Å²) in [5.74, 6) is 1.33. The van der Waals surface area contributed by atoms with Crippen LogP contribution >= 0.6 is 11.6 Å². The Labute approximate surface area is 178 Å². The smallest absolute Gasteiger partial charge is 0.179 e. The number of hydrogen-bond donors (Lipinski definition) is 2. The molecule has 2 N–H and O–H groups in total. The number of allylic oxidation sites excluding steroid dienone is 2. The van der Waals surface area contributed by atoms with Crippen LogP contribution in [0.15, 0.2) is 48.4 Å². The molecule has 0 saturated carbocycles. The second kappa shape index (κ2) is 7.76. The van der Waals surface area contributed by atoms with Crippen molar-refractivity contribution in [2.75, 3.05) is 7.11 Å². The molecule has 0 amide bonds. The molecule has 8 heteroatoms. The summed E-state index contributed by atoms with van der Waals surface area (Å²) in [7, 11) is 1.56. The van der Waals surface area contributed by atoms with Gasteiger partial charge in [0.2, 0.25) is 0 Å². The van der Waals surface area contributed by atoms with Crippen molar-refractivity contribution >= 4 is 39.6 Å². The van der Waals surface area contributed by atoms with Gasteiger partial charge in [-0.3, -0.25) is 9.38 Å². The summed E-state index contributed by atoms with van der Waals surface area (Å²) in [6.45, 7) is 3.18. The number of methoxy groups -OCH3 is 1. The Morgan fingerprint density at radius 2 is 1.90 bits per heavy atom. The van der Waals surface area contributed by atoms with E-state index in [2.05, 4.69) is 15.2 Å². The number of fused-ring (bicyclic) bond motifs is 3. The molecule has 4 aromatic rings. The highest BCUT2D eigenvalue weighted by Crippen LogP contribution is 2.33. The zero-order chi connectivity index (χ0) is 21.4. The maximum Gasteiger partial charge on any atom is 0.179 e. The van der Waals surface area contributed by atoms with Crippen LogP contribution in [0.4, 0.5) is 0 Å². The Morgan fingerprint density at radius 1 is 1.17 bits per heavy atom. The van der Waals surface area contributed by atoms with Gasteiger partial charge in [-0.15, -0.1) is 10.2 Å². The number of halogens is 1. The van der Waals surface area contributed by atoms with Crippen LogP contribution < -0.4 is 4.74 Å². The van der Waals surface area contributed by atoms with Gasteiger partial charge in [0.15, 0.2) is 5.65 Å². The largest absolute Gasteiger partial charge is 0.512 e. The molecule has 152 valence electrons. The molecule has 0 saturated heterocycles. The average Bonchev–Trinajstić information content (AvgIpc) is 3.12. The zero-order valence-electron chi connectivity index (χ0n) is 16.8. The summed E-state index contributed by atoms with van der Waals surface area (Å²) < 4.78 is 7.53. The average molecular weight is 422 g/mol. The molecule has 0 aliphatic rings. The van der Waals surface area contributed by atoms with Gasteiger partial charge in [0.1, 0.15) is 11.6 Å². The van der Waals surface area contributed by atoms with E-state index in [1.54, 1.807) is 27.2 Å². The lowest BCUT2D eigenvalue weighted by atomic mass is 9.99. The lowest BCUT2D eigenvalue weighted by Gasteiger charge is -2.14. The number of rotatable bonds is 5. The number of aliphatic hydroxyl groups is 1. The third-order valence-corrected chi connectivity index (χ3v) is 5.15. The van der Waals surface area contributed by atoms with Crippen molar-refractivity contribution in [2.24, 2.45) is 0 Å². The van der Waals surface area contributed by atoms with E-state index < -0.39 is 0 Å². The third-order valence-electron chi connectivity index (χ3n) is 4.89. The normalized spacial score (nSPS) is 12.3. The van der Waals surface area contributed by atoms with E-state index in [1.807, 2.05) is 40.8 Å². The van der Waals surface area contributed by atoms with Crippen LogP contribution in [-0.4, -0.2) is 37.5 Å². The van der Waals surface area contributed by atoms with Crippen molar-refractivity contribution in [3.8, 4) is 5.75 Å². The van der Waals surface area contributed by atoms with Crippen molar-refractivity contribution in [1.82, 2.24) is 19.6 Å². The van der Waals surface area contributed by atoms with E-state index >= 15 is 0 Å². The van der Waals surface area contributed by atoms with Crippen LogP contribution in [0.1, 0.15) is 30.8 Å². The summed E-state index contributed by atoms with van der Waals surface area (Å²) in [6.07, 6.45) is 2.23. The highest BCUT2D eigenvalue weighted by atomic mass is 35.5. The molecule has 0 radical (unpaired) electrons. The van der Waals surface area contributed by atoms with E-state index in [0.717, 1.165) is 16.9 Å². The first-order valence-electron chi connectivity index (χ1n) is 9.30. The van der Waals surface area contributed by atoms with Gasteiger partial charge < -0.3 is 15.3 Å². The van der Waals surface area contributed by atoms with Crippen LogP contribution in [0.25, 0.3) is 22.3 Å². The molecule has 0 aliphatic carbocycles. The fourth-order valence-corrected chi connectivity index (χ4v) is 3.70. The fourth-order valence-electron chi connectivity index (χ4n) is 3.58. The van der Waals surface area contributed by atoms with Crippen molar-refractivity contribution in [1.29, 1.82) is 5.41 Å². The fraction of sp³-hybridized carbons (Fsp3) is 0.182. The van der Waals surface area contributed by atoms with E-state index in [4.69, 9.17) is 21.7 Å². The summed E-state index contributed by atoms with van der Waals surface area (Å²) in [6, 6.07) is 11.3. The van der Waals surface area contributed by atoms with Crippen LogP contribution in [0.3, 0.4) is 0 Å². The molecule has 2 aromatic heterocycles. The standard InChI is InChI=1S/C22H20ClN5O2/c1-12(24)22(13(2)29)16-9-17-18(10-19(16)30-3)28-20(26-27-21(28)11-25-17)8-14-4-6-15(23)7-5-14/h4-7,9-11,24,29H,8H2,1-3H3/b22-13+,24-12?. The van der Waals surface area contributed by atoms with Crippen LogP contribution in [0.2, 0.25) is 5.02 Å². The Kier molecular flexibility index (Phi) is 5.13. The maximum atomic E-state index is 10.1. The number of nitrogens with one attached hydrogen (secondary N) is 1. The van der Waals surface area contributed by atoms with Gasteiger partial charge in [0, 0.05) is 34.4 Å². The number of ether oxygens (including phenoxy) is 1. The quantitative estimate of drug-likeness (QED) is 0.354. The molecule has 2 heterocycles.